The first-order valence-electron chi connectivity index (χ1n) is 21.8. The molecule has 0 bridgehead atoms. The molecule has 0 aliphatic heterocycles. The van der Waals surface area contributed by atoms with Gasteiger partial charge in [-0.15, -0.1) is 0 Å². The third-order valence-corrected chi connectivity index (χ3v) is 8.89. The van der Waals surface area contributed by atoms with E-state index in [4.69, 9.17) is 9.47 Å². The number of allylic oxidation sites excluding steroid dienone is 16. The fourth-order valence-corrected chi connectivity index (χ4v) is 5.65. The van der Waals surface area contributed by atoms with Crippen LogP contribution in [0.25, 0.3) is 0 Å². The summed E-state index contributed by atoms with van der Waals surface area (Å²) in [5.41, 5.74) is 0. The van der Waals surface area contributed by atoms with E-state index in [0.717, 1.165) is 83.5 Å². The van der Waals surface area contributed by atoms with E-state index in [1.165, 1.54) is 77.0 Å². The molecule has 4 nitrogen and oxygen atoms in total. The number of ether oxygens (including phenoxy) is 2. The molecule has 0 spiro atoms. The summed E-state index contributed by atoms with van der Waals surface area (Å²) in [6, 6.07) is 0. The third-order valence-electron chi connectivity index (χ3n) is 8.89. The van der Waals surface area contributed by atoms with Crippen molar-refractivity contribution < 1.29 is 19.4 Å². The average molecular weight is 735 g/mol. The van der Waals surface area contributed by atoms with E-state index in [1.807, 2.05) is 0 Å². The van der Waals surface area contributed by atoms with Crippen molar-refractivity contribution in [3.63, 3.8) is 0 Å². The molecule has 1 unspecified atom stereocenters. The Morgan fingerprint density at radius 2 is 0.849 bits per heavy atom. The normalized spacial score (nSPS) is 13.3. The van der Waals surface area contributed by atoms with Crippen molar-refractivity contribution in [1.29, 1.82) is 0 Å². The first kappa shape index (κ1) is 50.3. The van der Waals surface area contributed by atoms with Gasteiger partial charge in [-0.3, -0.25) is 4.79 Å². The molecule has 1 N–H and O–H groups in total. The molecule has 0 aliphatic rings. The average Bonchev–Trinajstić information content (AvgIpc) is 3.16. The first-order chi connectivity index (χ1) is 26.2. The predicted molar refractivity (Wildman–Crippen MR) is 232 cm³/mol. The Morgan fingerprint density at radius 1 is 0.472 bits per heavy atom. The van der Waals surface area contributed by atoms with Crippen LogP contribution in [0.2, 0.25) is 0 Å². The summed E-state index contributed by atoms with van der Waals surface area (Å²) in [5.74, 6) is -0.239. The fraction of sp³-hybridized carbons (Fsp3) is 0.653. The van der Waals surface area contributed by atoms with E-state index in [1.54, 1.807) is 0 Å². The van der Waals surface area contributed by atoms with Gasteiger partial charge in [0.05, 0.1) is 13.2 Å². The van der Waals surface area contributed by atoms with Crippen molar-refractivity contribution in [1.82, 2.24) is 0 Å². The third kappa shape index (κ3) is 43.6. The molecule has 0 radical (unpaired) electrons. The van der Waals surface area contributed by atoms with Crippen LogP contribution < -0.4 is 0 Å². The van der Waals surface area contributed by atoms with Gasteiger partial charge in [-0.1, -0.05) is 175 Å². The Balaban J connectivity index is 3.56. The largest absolute Gasteiger partial charge is 0.457 e. The molecule has 302 valence electrons. The van der Waals surface area contributed by atoms with Gasteiger partial charge < -0.3 is 14.6 Å². The molecule has 4 heteroatoms. The van der Waals surface area contributed by atoms with Crippen LogP contribution in [0.1, 0.15) is 181 Å². The van der Waals surface area contributed by atoms with Gasteiger partial charge in [-0.2, -0.15) is 0 Å². The highest BCUT2D eigenvalue weighted by molar-refractivity contribution is 5.69. The Bertz CT molecular complexity index is 996. The summed E-state index contributed by atoms with van der Waals surface area (Å²) in [6.45, 7) is 5.15. The second kappa shape index (κ2) is 45.5. The smallest absolute Gasteiger partial charge is 0.306 e. The summed E-state index contributed by atoms with van der Waals surface area (Å²) in [7, 11) is 0. The molecule has 0 fully saturated rings. The van der Waals surface area contributed by atoms with Crippen LogP contribution in [-0.2, 0) is 14.3 Å². The maximum atomic E-state index is 12.2. The molecule has 0 aromatic heterocycles. The molecule has 0 amide bonds. The van der Waals surface area contributed by atoms with Crippen LogP contribution in [0.5, 0.6) is 0 Å². The highest BCUT2D eigenvalue weighted by Gasteiger charge is 2.13. The monoisotopic (exact) mass is 735 g/mol. The quantitative estimate of drug-likeness (QED) is 0.0388. The lowest BCUT2D eigenvalue weighted by molar-refractivity contribution is -0.154. The standard InChI is InChI=1S/C49H82O4/c1-3-5-7-9-11-13-15-17-19-21-23-24-25-27-29-31-33-35-37-39-41-43-45-52-47-48(46-50)53-49(51)44-42-40-38-36-34-32-30-28-26-22-20-18-16-14-12-10-8-6-4-2/h6,8,12,14-15,17-18,20-21,23,25-28,32,34,48,50H,3-5,7,9-11,13,16,19,22,24,29-31,33,35-47H2,1-2H3/b8-6-,14-12-,17-15-,20-18-,23-21-,27-25-,28-26-,34-32-. The number of esters is 1. The fourth-order valence-electron chi connectivity index (χ4n) is 5.65. The molecule has 0 saturated carbocycles. The lowest BCUT2D eigenvalue weighted by Crippen LogP contribution is -2.27. The van der Waals surface area contributed by atoms with Gasteiger partial charge in [0.2, 0.25) is 0 Å². The van der Waals surface area contributed by atoms with E-state index in [-0.39, 0.29) is 19.2 Å². The van der Waals surface area contributed by atoms with E-state index in [9.17, 15) is 9.90 Å². The molecule has 53 heavy (non-hydrogen) atoms. The lowest BCUT2D eigenvalue weighted by atomic mass is 10.1. The minimum atomic E-state index is -0.564. The number of aliphatic hydroxyl groups excluding tert-OH is 1. The molecular weight excluding hydrogens is 653 g/mol. The number of rotatable bonds is 39. The van der Waals surface area contributed by atoms with Gasteiger partial charge in [-0.25, -0.2) is 0 Å². The molecule has 0 rings (SSSR count). The van der Waals surface area contributed by atoms with Crippen LogP contribution >= 0.6 is 0 Å². The van der Waals surface area contributed by atoms with Crippen molar-refractivity contribution in [2.24, 2.45) is 0 Å². The van der Waals surface area contributed by atoms with Gasteiger partial charge in [-0.05, 0) is 96.3 Å². The highest BCUT2D eigenvalue weighted by Crippen LogP contribution is 2.11. The van der Waals surface area contributed by atoms with Crippen LogP contribution in [0.4, 0.5) is 0 Å². The van der Waals surface area contributed by atoms with Gasteiger partial charge in [0, 0.05) is 13.0 Å². The van der Waals surface area contributed by atoms with Crippen molar-refractivity contribution >= 4 is 5.97 Å². The van der Waals surface area contributed by atoms with Crippen LogP contribution in [0.15, 0.2) is 97.2 Å². The first-order valence-corrected chi connectivity index (χ1v) is 21.8. The van der Waals surface area contributed by atoms with Gasteiger partial charge >= 0.3 is 5.97 Å². The molecule has 0 aromatic rings. The maximum absolute atomic E-state index is 12.2. The SMILES string of the molecule is CC/C=C\C/C=C\C/C=C\C/C=C\C/C=C\CCCCCC(=O)OC(CO)COCCCCCCCCC/C=C\C/C=C\C/C=C\CCCCCCC. The molecular formula is C49H82O4. The molecule has 0 aromatic carbocycles. The lowest BCUT2D eigenvalue weighted by Gasteiger charge is -2.15. The van der Waals surface area contributed by atoms with Gasteiger partial charge in [0.25, 0.3) is 0 Å². The number of hydrogen-bond donors (Lipinski definition) is 1. The predicted octanol–water partition coefficient (Wildman–Crippen LogP) is 14.5. The van der Waals surface area contributed by atoms with Crippen molar-refractivity contribution in [2.75, 3.05) is 19.8 Å². The summed E-state index contributed by atoms with van der Waals surface area (Å²) < 4.78 is 11.1. The van der Waals surface area contributed by atoms with E-state index >= 15 is 0 Å². The highest BCUT2D eigenvalue weighted by atomic mass is 16.6. The van der Waals surface area contributed by atoms with Gasteiger partial charge in [0.15, 0.2) is 0 Å². The number of unbranched alkanes of at least 4 members (excludes halogenated alkanes) is 15. The summed E-state index contributed by atoms with van der Waals surface area (Å²) >= 11 is 0. The van der Waals surface area contributed by atoms with Crippen molar-refractivity contribution in [3.05, 3.63) is 97.2 Å². The molecule has 1 atom stereocenters. The number of aliphatic hydroxyl groups is 1. The Labute approximate surface area is 328 Å². The second-order valence-electron chi connectivity index (χ2n) is 14.0. The Hall–Kier alpha value is -2.69. The van der Waals surface area contributed by atoms with Crippen molar-refractivity contribution in [2.45, 2.75) is 187 Å². The minimum Gasteiger partial charge on any atom is -0.457 e. The number of carbonyl (C=O) groups is 1. The Morgan fingerprint density at radius 3 is 1.28 bits per heavy atom. The summed E-state index contributed by atoms with van der Waals surface area (Å²) in [6.07, 6.45) is 64.6. The van der Waals surface area contributed by atoms with E-state index in [0.29, 0.717) is 13.0 Å². The number of hydrogen-bond acceptors (Lipinski definition) is 4. The van der Waals surface area contributed by atoms with Crippen LogP contribution in [-0.4, -0.2) is 37.0 Å². The number of carbonyl (C=O) groups excluding carboxylic acids is 1. The second-order valence-corrected chi connectivity index (χ2v) is 14.0. The van der Waals surface area contributed by atoms with Crippen LogP contribution in [0, 0.1) is 0 Å². The van der Waals surface area contributed by atoms with Crippen molar-refractivity contribution in [3.8, 4) is 0 Å². The van der Waals surface area contributed by atoms with Crippen LogP contribution in [0.3, 0.4) is 0 Å². The Kier molecular flexibility index (Phi) is 43.2. The van der Waals surface area contributed by atoms with Gasteiger partial charge in [0.1, 0.15) is 6.10 Å². The zero-order valence-corrected chi connectivity index (χ0v) is 34.5. The molecule has 0 saturated heterocycles. The zero-order valence-electron chi connectivity index (χ0n) is 34.5. The minimum absolute atomic E-state index is 0.196. The van der Waals surface area contributed by atoms with E-state index < -0.39 is 6.10 Å². The molecule has 0 heterocycles. The maximum Gasteiger partial charge on any atom is 0.306 e. The zero-order chi connectivity index (χ0) is 38.4. The molecule has 0 aliphatic carbocycles. The summed E-state index contributed by atoms with van der Waals surface area (Å²) in [5, 5.41) is 9.61. The summed E-state index contributed by atoms with van der Waals surface area (Å²) in [4.78, 5) is 12.2. The van der Waals surface area contributed by atoms with E-state index in [2.05, 4.69) is 111 Å². The topological polar surface area (TPSA) is 55.8 Å².